The van der Waals surface area contributed by atoms with Gasteiger partial charge in [-0.2, -0.15) is 0 Å². The minimum atomic E-state index is -1.15. The van der Waals surface area contributed by atoms with E-state index in [9.17, 15) is 19.5 Å². The summed E-state index contributed by atoms with van der Waals surface area (Å²) >= 11 is 0. The number of likely N-dealkylation sites (tertiary alicyclic amines) is 1. The van der Waals surface area contributed by atoms with E-state index in [4.69, 9.17) is 14.2 Å². The first-order valence-electron chi connectivity index (χ1n) is 9.98. The van der Waals surface area contributed by atoms with Crippen LogP contribution in [0.5, 0.6) is 5.75 Å². The number of pyridine rings is 1. The number of esters is 1. The first-order valence-corrected chi connectivity index (χ1v) is 9.98. The van der Waals surface area contributed by atoms with Gasteiger partial charge in [-0.3, -0.25) is 9.59 Å². The standard InChI is InChI=1S/C21H32N2O7/c1-7-21(18(25)30-20(2,3)4)12-23(19(26)27)9-8-15(21)14-10-17(24)22(5)11-16(14)29-13-28-6/h10-11,15H,7-9,12-13H2,1-6H3,(H,26,27). The second-order valence-corrected chi connectivity index (χ2v) is 8.65. The smallest absolute Gasteiger partial charge is 0.407 e. The third-order valence-corrected chi connectivity index (χ3v) is 5.46. The Morgan fingerprint density at radius 1 is 1.33 bits per heavy atom. The van der Waals surface area contributed by atoms with Crippen LogP contribution in [0, 0.1) is 5.41 Å². The van der Waals surface area contributed by atoms with E-state index in [1.165, 1.54) is 22.6 Å². The number of carbonyl (C=O) groups is 2. The number of rotatable bonds is 6. The van der Waals surface area contributed by atoms with Gasteiger partial charge in [0.2, 0.25) is 0 Å². The number of amides is 1. The van der Waals surface area contributed by atoms with Crippen molar-refractivity contribution in [2.75, 3.05) is 27.0 Å². The van der Waals surface area contributed by atoms with Crippen molar-refractivity contribution in [2.24, 2.45) is 12.5 Å². The summed E-state index contributed by atoms with van der Waals surface area (Å²) in [5, 5.41) is 9.57. The molecule has 30 heavy (non-hydrogen) atoms. The molecule has 1 aromatic rings. The lowest BCUT2D eigenvalue weighted by Crippen LogP contribution is -2.55. The highest BCUT2D eigenvalue weighted by Gasteiger charge is 2.52. The van der Waals surface area contributed by atoms with E-state index in [2.05, 4.69) is 0 Å². The molecule has 1 fully saturated rings. The van der Waals surface area contributed by atoms with Crippen LogP contribution in [0.3, 0.4) is 0 Å². The molecule has 1 N–H and O–H groups in total. The average Bonchev–Trinajstić information content (AvgIpc) is 2.66. The van der Waals surface area contributed by atoms with E-state index in [0.717, 1.165) is 0 Å². The maximum atomic E-state index is 13.4. The van der Waals surface area contributed by atoms with Gasteiger partial charge in [-0.05, 0) is 33.6 Å². The Hall–Kier alpha value is -2.55. The van der Waals surface area contributed by atoms with Crippen LogP contribution in [-0.4, -0.2) is 59.2 Å². The van der Waals surface area contributed by atoms with E-state index < -0.39 is 29.0 Å². The van der Waals surface area contributed by atoms with Gasteiger partial charge in [-0.1, -0.05) is 6.92 Å². The highest BCUT2D eigenvalue weighted by atomic mass is 16.7. The van der Waals surface area contributed by atoms with Crippen molar-refractivity contribution in [2.45, 2.75) is 52.1 Å². The van der Waals surface area contributed by atoms with Crippen LogP contribution >= 0.6 is 0 Å². The SMILES string of the molecule is CCC1(C(=O)OC(C)(C)C)CN(C(=O)O)CCC1c1cc(=O)n(C)cc1OCOC. The molecular formula is C21H32N2O7. The Morgan fingerprint density at radius 3 is 2.53 bits per heavy atom. The van der Waals surface area contributed by atoms with Crippen LogP contribution in [-0.2, 0) is 21.3 Å². The molecule has 0 aliphatic carbocycles. The van der Waals surface area contributed by atoms with Crippen molar-refractivity contribution in [3.05, 3.63) is 28.2 Å². The van der Waals surface area contributed by atoms with E-state index in [1.807, 2.05) is 6.92 Å². The van der Waals surface area contributed by atoms with Crippen LogP contribution in [0.1, 0.15) is 52.0 Å². The molecule has 2 atom stereocenters. The van der Waals surface area contributed by atoms with Crippen molar-refractivity contribution in [3.63, 3.8) is 0 Å². The van der Waals surface area contributed by atoms with E-state index >= 15 is 0 Å². The van der Waals surface area contributed by atoms with Crippen molar-refractivity contribution in [1.82, 2.24) is 9.47 Å². The summed E-state index contributed by atoms with van der Waals surface area (Å²) < 4.78 is 17.8. The summed E-state index contributed by atoms with van der Waals surface area (Å²) in [4.78, 5) is 38.8. The van der Waals surface area contributed by atoms with Gasteiger partial charge < -0.3 is 28.8 Å². The Morgan fingerprint density at radius 2 is 2.00 bits per heavy atom. The number of piperidine rings is 1. The molecule has 9 heteroatoms. The van der Waals surface area contributed by atoms with Crippen LogP contribution in [0.4, 0.5) is 4.79 Å². The summed E-state index contributed by atoms with van der Waals surface area (Å²) in [5.41, 5.74) is -1.57. The monoisotopic (exact) mass is 424 g/mol. The zero-order valence-corrected chi connectivity index (χ0v) is 18.6. The largest absolute Gasteiger partial charge is 0.466 e. The second kappa shape index (κ2) is 9.07. The molecule has 2 unspecified atom stereocenters. The van der Waals surface area contributed by atoms with Crippen LogP contribution in [0.2, 0.25) is 0 Å². The number of carboxylic acid groups (broad SMARTS) is 1. The van der Waals surface area contributed by atoms with Crippen molar-refractivity contribution >= 4 is 12.1 Å². The van der Waals surface area contributed by atoms with Gasteiger partial charge in [0, 0.05) is 51.0 Å². The fourth-order valence-electron chi connectivity index (χ4n) is 3.93. The third-order valence-electron chi connectivity index (χ3n) is 5.46. The minimum Gasteiger partial charge on any atom is -0.466 e. The molecule has 1 aliphatic heterocycles. The molecule has 0 bridgehead atoms. The third kappa shape index (κ3) is 4.95. The lowest BCUT2D eigenvalue weighted by molar-refractivity contribution is -0.172. The molecule has 2 rings (SSSR count). The molecule has 1 saturated heterocycles. The summed E-state index contributed by atoms with van der Waals surface area (Å²) in [6, 6.07) is 1.46. The molecule has 0 spiro atoms. The van der Waals surface area contributed by atoms with Crippen molar-refractivity contribution in [3.8, 4) is 5.75 Å². The number of hydrogen-bond acceptors (Lipinski definition) is 6. The predicted molar refractivity (Wildman–Crippen MR) is 110 cm³/mol. The highest BCUT2D eigenvalue weighted by Crippen LogP contribution is 2.48. The summed E-state index contributed by atoms with van der Waals surface area (Å²) in [6.07, 6.45) is 1.18. The van der Waals surface area contributed by atoms with Gasteiger partial charge in [0.25, 0.3) is 5.56 Å². The molecule has 0 aromatic carbocycles. The molecule has 1 aromatic heterocycles. The van der Waals surface area contributed by atoms with Gasteiger partial charge in [0.05, 0.1) is 5.41 Å². The normalized spacial score (nSPS) is 21.9. The summed E-state index contributed by atoms with van der Waals surface area (Å²) in [5.74, 6) is -0.505. The lowest BCUT2D eigenvalue weighted by Gasteiger charge is -2.46. The first kappa shape index (κ1) is 23.7. The quantitative estimate of drug-likeness (QED) is 0.552. The number of hydrogen-bond donors (Lipinski definition) is 1. The number of methoxy groups -OCH3 is 1. The maximum Gasteiger partial charge on any atom is 0.407 e. The number of aryl methyl sites for hydroxylation is 1. The molecule has 0 radical (unpaired) electrons. The fourth-order valence-corrected chi connectivity index (χ4v) is 3.93. The fraction of sp³-hybridized carbons (Fsp3) is 0.667. The maximum absolute atomic E-state index is 13.4. The van der Waals surface area contributed by atoms with E-state index in [0.29, 0.717) is 24.2 Å². The molecule has 1 aliphatic rings. The molecular weight excluding hydrogens is 392 g/mol. The zero-order chi connectivity index (χ0) is 22.7. The number of aromatic nitrogens is 1. The number of nitrogens with zero attached hydrogens (tertiary/aromatic N) is 2. The van der Waals surface area contributed by atoms with Gasteiger partial charge >= 0.3 is 12.1 Å². The molecule has 9 nitrogen and oxygen atoms in total. The van der Waals surface area contributed by atoms with Crippen LogP contribution < -0.4 is 10.3 Å². The average molecular weight is 424 g/mol. The van der Waals surface area contributed by atoms with E-state index in [1.54, 1.807) is 34.0 Å². The summed E-state index contributed by atoms with van der Waals surface area (Å²) in [6.45, 7) is 7.34. The molecule has 0 saturated carbocycles. The molecule has 2 heterocycles. The van der Waals surface area contributed by atoms with E-state index in [-0.39, 0.29) is 25.4 Å². The van der Waals surface area contributed by atoms with Gasteiger partial charge in [0.15, 0.2) is 6.79 Å². The highest BCUT2D eigenvalue weighted by molar-refractivity contribution is 5.80. The predicted octanol–water partition coefficient (Wildman–Crippen LogP) is 2.57. The Balaban J connectivity index is 2.63. The minimum absolute atomic E-state index is 0.0165. The number of ether oxygens (including phenoxy) is 3. The topological polar surface area (TPSA) is 107 Å². The van der Waals surface area contributed by atoms with Crippen molar-refractivity contribution in [1.29, 1.82) is 0 Å². The van der Waals surface area contributed by atoms with Crippen molar-refractivity contribution < 1.29 is 28.9 Å². The summed E-state index contributed by atoms with van der Waals surface area (Å²) in [7, 11) is 3.10. The Kier molecular flexibility index (Phi) is 7.18. The second-order valence-electron chi connectivity index (χ2n) is 8.65. The zero-order valence-electron chi connectivity index (χ0n) is 18.6. The van der Waals surface area contributed by atoms with Crippen LogP contribution in [0.15, 0.2) is 17.1 Å². The van der Waals surface area contributed by atoms with Gasteiger partial charge in [0.1, 0.15) is 11.4 Å². The van der Waals surface area contributed by atoms with Crippen LogP contribution in [0.25, 0.3) is 0 Å². The number of carbonyl (C=O) groups excluding carboxylic acids is 1. The Labute approximate surface area is 176 Å². The Bertz CT molecular complexity index is 843. The lowest BCUT2D eigenvalue weighted by atomic mass is 9.66. The first-order chi connectivity index (χ1) is 13.9. The molecule has 1 amide bonds. The van der Waals surface area contributed by atoms with Gasteiger partial charge in [-0.25, -0.2) is 4.79 Å². The molecule has 168 valence electrons. The van der Waals surface area contributed by atoms with Gasteiger partial charge in [-0.15, -0.1) is 0 Å².